The minimum absolute atomic E-state index is 0.105. The zero-order valence-electron chi connectivity index (χ0n) is 5.80. The second-order valence-corrected chi connectivity index (χ2v) is 2.72. The first-order valence-corrected chi connectivity index (χ1v) is 3.56. The molecule has 0 fully saturated rings. The molecule has 0 unspecified atom stereocenters. The van der Waals surface area contributed by atoms with Gasteiger partial charge in [-0.25, -0.2) is 4.79 Å². The van der Waals surface area contributed by atoms with E-state index in [1.54, 1.807) is 0 Å². The summed E-state index contributed by atoms with van der Waals surface area (Å²) in [5.74, 6) is -0.668. The number of aromatic amines is 1. The first-order valence-electron chi connectivity index (χ1n) is 3.18. The van der Waals surface area contributed by atoms with Gasteiger partial charge in [-0.2, -0.15) is 0 Å². The Morgan fingerprint density at radius 2 is 2.25 bits per heavy atom. The Hall–Kier alpha value is -1.42. The molecular formula is C7H4ClNO3. The Morgan fingerprint density at radius 1 is 1.50 bits per heavy atom. The van der Waals surface area contributed by atoms with E-state index in [1.165, 1.54) is 12.1 Å². The summed E-state index contributed by atoms with van der Waals surface area (Å²) < 4.78 is 4.67. The third-order valence-corrected chi connectivity index (χ3v) is 1.79. The summed E-state index contributed by atoms with van der Waals surface area (Å²) in [6.45, 7) is 0. The highest BCUT2D eigenvalue weighted by molar-refractivity contribution is 6.32. The molecular weight excluding hydrogens is 183 g/mol. The zero-order valence-corrected chi connectivity index (χ0v) is 6.55. The molecule has 2 N–H and O–H groups in total. The van der Waals surface area contributed by atoms with E-state index in [0.29, 0.717) is 11.1 Å². The van der Waals surface area contributed by atoms with Crippen LogP contribution in [0.4, 0.5) is 0 Å². The van der Waals surface area contributed by atoms with Crippen LogP contribution in [0.1, 0.15) is 0 Å². The van der Waals surface area contributed by atoms with Crippen LogP contribution >= 0.6 is 11.6 Å². The average molecular weight is 187 g/mol. The largest absolute Gasteiger partial charge is 0.506 e. The minimum Gasteiger partial charge on any atom is -0.506 e. The molecule has 4 nitrogen and oxygen atoms in total. The quantitative estimate of drug-likeness (QED) is 0.655. The fourth-order valence-electron chi connectivity index (χ4n) is 0.960. The number of oxazole rings is 1. The molecule has 0 radical (unpaired) electrons. The predicted octanol–water partition coefficient (Wildman–Crippen LogP) is 1.48. The average Bonchev–Trinajstić information content (AvgIpc) is 2.30. The van der Waals surface area contributed by atoms with Crippen molar-refractivity contribution in [1.82, 2.24) is 4.98 Å². The van der Waals surface area contributed by atoms with Gasteiger partial charge in [0.05, 0.1) is 10.5 Å². The Bertz CT molecular complexity index is 443. The molecule has 2 rings (SSSR count). The number of phenolic OH excluding ortho intramolecular Hbond substituents is 1. The second-order valence-electron chi connectivity index (χ2n) is 2.31. The van der Waals surface area contributed by atoms with E-state index in [2.05, 4.69) is 9.40 Å². The normalized spacial score (nSPS) is 10.8. The second kappa shape index (κ2) is 2.28. The molecule has 2 aromatic rings. The number of aromatic nitrogens is 1. The van der Waals surface area contributed by atoms with Crippen molar-refractivity contribution < 1.29 is 9.52 Å². The third-order valence-electron chi connectivity index (χ3n) is 1.49. The van der Waals surface area contributed by atoms with Crippen molar-refractivity contribution in [1.29, 1.82) is 0 Å². The van der Waals surface area contributed by atoms with Crippen molar-refractivity contribution >= 4 is 22.7 Å². The van der Waals surface area contributed by atoms with Crippen molar-refractivity contribution in [2.75, 3.05) is 0 Å². The lowest BCUT2D eigenvalue weighted by Crippen LogP contribution is -1.92. The van der Waals surface area contributed by atoms with Crippen molar-refractivity contribution in [2.24, 2.45) is 0 Å². The molecule has 0 saturated heterocycles. The molecule has 5 heteroatoms. The van der Waals surface area contributed by atoms with Crippen LogP contribution in [-0.2, 0) is 0 Å². The lowest BCUT2D eigenvalue weighted by Gasteiger charge is -1.93. The van der Waals surface area contributed by atoms with Crippen LogP contribution in [0.15, 0.2) is 21.3 Å². The van der Waals surface area contributed by atoms with Crippen LogP contribution in [0.5, 0.6) is 5.75 Å². The molecule has 0 bridgehead atoms. The number of fused-ring (bicyclic) bond motifs is 1. The summed E-state index contributed by atoms with van der Waals surface area (Å²) in [6, 6.07) is 2.71. The zero-order chi connectivity index (χ0) is 8.72. The van der Waals surface area contributed by atoms with E-state index in [9.17, 15) is 4.79 Å². The van der Waals surface area contributed by atoms with Crippen LogP contribution in [0.3, 0.4) is 0 Å². The van der Waals surface area contributed by atoms with Crippen LogP contribution in [0.2, 0.25) is 5.02 Å². The highest BCUT2D eigenvalue weighted by Crippen LogP contribution is 2.26. The van der Waals surface area contributed by atoms with Gasteiger partial charge in [0.15, 0.2) is 5.58 Å². The number of phenols is 1. The summed E-state index contributed by atoms with van der Waals surface area (Å²) in [6.07, 6.45) is 0. The van der Waals surface area contributed by atoms with Crippen LogP contribution in [0.25, 0.3) is 11.1 Å². The van der Waals surface area contributed by atoms with E-state index in [1.807, 2.05) is 0 Å². The fraction of sp³-hybridized carbons (Fsp3) is 0. The monoisotopic (exact) mass is 186 g/mol. The summed E-state index contributed by atoms with van der Waals surface area (Å²) >= 11 is 5.58. The maximum atomic E-state index is 10.7. The summed E-state index contributed by atoms with van der Waals surface area (Å²) in [4.78, 5) is 13.1. The maximum Gasteiger partial charge on any atom is 0.417 e. The molecule has 62 valence electrons. The lowest BCUT2D eigenvalue weighted by atomic mass is 10.3. The van der Waals surface area contributed by atoms with Gasteiger partial charge in [0.2, 0.25) is 0 Å². The molecule has 12 heavy (non-hydrogen) atoms. The van der Waals surface area contributed by atoms with Gasteiger partial charge < -0.3 is 9.52 Å². The van der Waals surface area contributed by atoms with E-state index >= 15 is 0 Å². The van der Waals surface area contributed by atoms with Crippen molar-refractivity contribution in [3.63, 3.8) is 0 Å². The fourth-order valence-corrected chi connectivity index (χ4v) is 1.12. The number of benzene rings is 1. The van der Waals surface area contributed by atoms with Gasteiger partial charge >= 0.3 is 5.76 Å². The lowest BCUT2D eigenvalue weighted by molar-refractivity contribution is 0.474. The number of hydrogen-bond donors (Lipinski definition) is 2. The summed E-state index contributed by atoms with van der Waals surface area (Å²) in [5, 5.41) is 9.30. The number of H-pyrrole nitrogens is 1. The molecule has 1 aromatic carbocycles. The molecule has 0 saturated carbocycles. The maximum absolute atomic E-state index is 10.7. The molecule has 0 amide bonds. The van der Waals surface area contributed by atoms with E-state index in [-0.39, 0.29) is 10.8 Å². The Labute approximate surface area is 71.4 Å². The van der Waals surface area contributed by atoms with E-state index in [0.717, 1.165) is 0 Å². The standard InChI is InChI=1S/C7H4ClNO3/c8-3-1-4-6(2-5(3)10)12-7(11)9-4/h1-2,10H,(H,9,11)/i9+1. The first kappa shape index (κ1) is 7.24. The SMILES string of the molecule is O=c1[15nH]c2cc(Cl)c(O)cc2o1. The topological polar surface area (TPSA) is 66.2 Å². The molecule has 1 heterocycles. The van der Waals surface area contributed by atoms with Gasteiger partial charge in [-0.1, -0.05) is 11.6 Å². The molecule has 0 atom stereocenters. The van der Waals surface area contributed by atoms with Gasteiger partial charge in [-0.05, 0) is 6.07 Å². The Morgan fingerprint density at radius 3 is 3.00 bits per heavy atom. The van der Waals surface area contributed by atoms with Crippen molar-refractivity contribution in [3.8, 4) is 5.75 Å². The van der Waals surface area contributed by atoms with Crippen LogP contribution < -0.4 is 5.76 Å². The van der Waals surface area contributed by atoms with E-state index in [4.69, 9.17) is 16.7 Å². The molecule has 0 spiro atoms. The van der Waals surface area contributed by atoms with Gasteiger partial charge in [0.25, 0.3) is 0 Å². The van der Waals surface area contributed by atoms with Gasteiger partial charge in [0.1, 0.15) is 5.75 Å². The number of hydrogen-bond acceptors (Lipinski definition) is 3. The molecule has 1 aromatic heterocycles. The predicted molar refractivity (Wildman–Crippen MR) is 43.5 cm³/mol. The number of rotatable bonds is 0. The molecule has 0 aliphatic heterocycles. The summed E-state index contributed by atoms with van der Waals surface area (Å²) in [5.41, 5.74) is 0.768. The summed E-state index contributed by atoms with van der Waals surface area (Å²) in [7, 11) is 0. The highest BCUT2D eigenvalue weighted by atomic mass is 35.5. The smallest absolute Gasteiger partial charge is 0.417 e. The first-order chi connectivity index (χ1) is 5.66. The molecule has 0 aliphatic rings. The minimum atomic E-state index is -0.563. The van der Waals surface area contributed by atoms with Crippen molar-refractivity contribution in [2.45, 2.75) is 0 Å². The number of nitrogens with one attached hydrogen (secondary N) is 1. The highest BCUT2D eigenvalue weighted by Gasteiger charge is 2.05. The molecule has 0 aliphatic carbocycles. The Balaban J connectivity index is 2.92. The number of halogens is 1. The van der Waals surface area contributed by atoms with Crippen LogP contribution in [0, 0.1) is 0 Å². The Kier molecular flexibility index (Phi) is 1.38. The van der Waals surface area contributed by atoms with Gasteiger partial charge in [0, 0.05) is 6.07 Å². The van der Waals surface area contributed by atoms with Crippen molar-refractivity contribution in [3.05, 3.63) is 27.7 Å². The van der Waals surface area contributed by atoms with Gasteiger partial charge in [-0.15, -0.1) is 0 Å². The van der Waals surface area contributed by atoms with Gasteiger partial charge in [-0.3, -0.25) is 4.98 Å². The number of aromatic hydroxyl groups is 1. The van der Waals surface area contributed by atoms with Crippen LogP contribution in [-0.4, -0.2) is 10.1 Å². The van der Waals surface area contributed by atoms with E-state index < -0.39 is 5.76 Å². The third kappa shape index (κ3) is 0.967.